The van der Waals surface area contributed by atoms with Crippen molar-refractivity contribution in [2.45, 2.75) is 43.9 Å². The third kappa shape index (κ3) is 3.12. The van der Waals surface area contributed by atoms with E-state index in [9.17, 15) is 9.18 Å². The first-order valence-corrected chi connectivity index (χ1v) is 8.52. The molecule has 0 spiro atoms. The lowest BCUT2D eigenvalue weighted by atomic mass is 10.0. The molecule has 2 aliphatic heterocycles. The van der Waals surface area contributed by atoms with Crippen LogP contribution in [0.15, 0.2) is 24.3 Å². The summed E-state index contributed by atoms with van der Waals surface area (Å²) in [5.74, 6) is 0.181. The summed E-state index contributed by atoms with van der Waals surface area (Å²) in [5, 5.41) is 0. The van der Waals surface area contributed by atoms with Crippen LogP contribution in [0.5, 0.6) is 0 Å². The predicted molar refractivity (Wildman–Crippen MR) is 82.7 cm³/mol. The van der Waals surface area contributed by atoms with Crippen molar-refractivity contribution in [3.8, 4) is 0 Å². The molecule has 1 aliphatic carbocycles. The van der Waals surface area contributed by atoms with Gasteiger partial charge in [0.15, 0.2) is 0 Å². The number of fused-ring (bicyclic) bond motifs is 1. The molecule has 0 aromatic heterocycles. The van der Waals surface area contributed by atoms with Crippen LogP contribution in [0, 0.1) is 11.7 Å². The third-order valence-corrected chi connectivity index (χ3v) is 5.05. The van der Waals surface area contributed by atoms with E-state index < -0.39 is 0 Å². The summed E-state index contributed by atoms with van der Waals surface area (Å²) in [6, 6.07) is 5.95. The molecule has 0 bridgehead atoms. The van der Waals surface area contributed by atoms with Gasteiger partial charge in [0.05, 0.1) is 12.6 Å². The van der Waals surface area contributed by atoms with Crippen LogP contribution in [-0.4, -0.2) is 48.8 Å². The Hall–Kier alpha value is -1.46. The highest BCUT2D eigenvalue weighted by Gasteiger charge is 2.47. The highest BCUT2D eigenvalue weighted by Crippen LogP contribution is 2.34. The Morgan fingerprint density at radius 1 is 1.35 bits per heavy atom. The molecule has 0 radical (unpaired) electrons. The summed E-state index contributed by atoms with van der Waals surface area (Å²) in [4.78, 5) is 14.6. The van der Waals surface area contributed by atoms with Crippen LogP contribution >= 0.6 is 0 Å². The number of likely N-dealkylation sites (tertiary alicyclic amines) is 1. The van der Waals surface area contributed by atoms with Gasteiger partial charge in [-0.05, 0) is 49.8 Å². The zero-order valence-electron chi connectivity index (χ0n) is 13.1. The second kappa shape index (κ2) is 6.21. The largest absolute Gasteiger partial charge is 0.373 e. The van der Waals surface area contributed by atoms with Gasteiger partial charge in [0.1, 0.15) is 18.0 Å². The van der Waals surface area contributed by atoms with Crippen molar-refractivity contribution in [3.05, 3.63) is 35.6 Å². The van der Waals surface area contributed by atoms with Crippen molar-refractivity contribution >= 4 is 5.91 Å². The molecule has 0 unspecified atom stereocenters. The number of hydrogen-bond donors (Lipinski definition) is 0. The molecule has 23 heavy (non-hydrogen) atoms. The average Bonchev–Trinajstić information content (AvgIpc) is 3.33. The lowest BCUT2D eigenvalue weighted by Crippen LogP contribution is -2.44. The summed E-state index contributed by atoms with van der Waals surface area (Å²) < 4.78 is 25.4. The molecule has 2 saturated heterocycles. The van der Waals surface area contributed by atoms with Gasteiger partial charge in [-0.15, -0.1) is 0 Å². The van der Waals surface area contributed by atoms with Gasteiger partial charge in [-0.2, -0.15) is 0 Å². The van der Waals surface area contributed by atoms with E-state index in [4.69, 9.17) is 9.47 Å². The maximum Gasteiger partial charge on any atom is 0.254 e. The summed E-state index contributed by atoms with van der Waals surface area (Å²) >= 11 is 0. The number of carbonyl (C=O) groups excluding carboxylic acids is 1. The maximum atomic E-state index is 13.4. The highest BCUT2D eigenvalue weighted by atomic mass is 19.1. The average molecular weight is 319 g/mol. The van der Waals surface area contributed by atoms with Crippen molar-refractivity contribution < 1.29 is 18.7 Å². The van der Waals surface area contributed by atoms with Gasteiger partial charge in [-0.25, -0.2) is 4.39 Å². The fourth-order valence-corrected chi connectivity index (χ4v) is 3.62. The first kappa shape index (κ1) is 15.1. The molecule has 124 valence electrons. The first-order chi connectivity index (χ1) is 11.2. The van der Waals surface area contributed by atoms with E-state index in [1.165, 1.54) is 25.0 Å². The smallest absolute Gasteiger partial charge is 0.254 e. The lowest BCUT2D eigenvalue weighted by molar-refractivity contribution is -0.0781. The van der Waals surface area contributed by atoms with Gasteiger partial charge in [0.2, 0.25) is 0 Å². The summed E-state index contributed by atoms with van der Waals surface area (Å²) in [6.07, 6.45) is 4.26. The summed E-state index contributed by atoms with van der Waals surface area (Å²) in [6.45, 7) is 2.03. The van der Waals surface area contributed by atoms with Crippen LogP contribution in [0.25, 0.3) is 0 Å². The maximum absolute atomic E-state index is 13.4. The molecular weight excluding hydrogens is 297 g/mol. The monoisotopic (exact) mass is 319 g/mol. The predicted octanol–water partition coefficient (Wildman–Crippen LogP) is 2.62. The van der Waals surface area contributed by atoms with Gasteiger partial charge in [-0.1, -0.05) is 6.07 Å². The van der Waals surface area contributed by atoms with Gasteiger partial charge in [0, 0.05) is 18.8 Å². The number of amides is 1. The molecule has 1 aromatic rings. The van der Waals surface area contributed by atoms with E-state index in [0.29, 0.717) is 18.0 Å². The number of halogens is 1. The Balaban J connectivity index is 1.51. The fourth-order valence-electron chi connectivity index (χ4n) is 3.62. The molecule has 0 N–H and O–H groups in total. The van der Waals surface area contributed by atoms with Crippen LogP contribution < -0.4 is 0 Å². The minimum Gasteiger partial charge on any atom is -0.373 e. The number of hydrogen-bond acceptors (Lipinski definition) is 3. The van der Waals surface area contributed by atoms with Gasteiger partial charge >= 0.3 is 0 Å². The molecule has 1 saturated carbocycles. The van der Waals surface area contributed by atoms with Crippen molar-refractivity contribution in [3.63, 3.8) is 0 Å². The quantitative estimate of drug-likeness (QED) is 0.856. The van der Waals surface area contributed by atoms with Gasteiger partial charge < -0.3 is 14.4 Å². The van der Waals surface area contributed by atoms with Crippen LogP contribution in [0.1, 0.15) is 36.0 Å². The lowest BCUT2D eigenvalue weighted by Gasteiger charge is -2.32. The van der Waals surface area contributed by atoms with Crippen LogP contribution in [0.3, 0.4) is 0 Å². The molecular formula is C18H22FNO3. The molecule has 3 fully saturated rings. The van der Waals surface area contributed by atoms with Crippen molar-refractivity contribution in [2.75, 3.05) is 19.8 Å². The van der Waals surface area contributed by atoms with E-state index >= 15 is 0 Å². The Labute approximate surface area is 135 Å². The second-order valence-electron chi connectivity index (χ2n) is 6.83. The van der Waals surface area contributed by atoms with Gasteiger partial charge in [-0.3, -0.25) is 4.79 Å². The standard InChI is InChI=1S/C18H22FNO3/c19-14-4-1-3-13(9-14)18(21)20-10-16(23-11-12-6-7-12)17-15(20)5-2-8-22-17/h1,3-4,9,12,15-17H,2,5-8,10-11H2/t15-,16-,17+/m1/s1. The van der Waals surface area contributed by atoms with E-state index in [1.54, 1.807) is 12.1 Å². The molecule has 1 amide bonds. The van der Waals surface area contributed by atoms with Crippen molar-refractivity contribution in [1.29, 1.82) is 0 Å². The number of carbonyl (C=O) groups is 1. The number of nitrogens with zero attached hydrogens (tertiary/aromatic N) is 1. The number of benzene rings is 1. The van der Waals surface area contributed by atoms with Crippen molar-refractivity contribution in [2.24, 2.45) is 5.92 Å². The van der Waals surface area contributed by atoms with E-state index in [-0.39, 0.29) is 30.0 Å². The fraction of sp³-hybridized carbons (Fsp3) is 0.611. The van der Waals surface area contributed by atoms with Crippen LogP contribution in [0.2, 0.25) is 0 Å². The minimum atomic E-state index is -0.381. The topological polar surface area (TPSA) is 38.8 Å². The molecule has 5 heteroatoms. The minimum absolute atomic E-state index is 0.0417. The third-order valence-electron chi connectivity index (χ3n) is 5.05. The summed E-state index contributed by atoms with van der Waals surface area (Å²) in [5.41, 5.74) is 0.400. The normalized spacial score (nSPS) is 30.3. The molecule has 3 atom stereocenters. The molecule has 4 nitrogen and oxygen atoms in total. The number of rotatable bonds is 4. The highest BCUT2D eigenvalue weighted by molar-refractivity contribution is 5.94. The van der Waals surface area contributed by atoms with Crippen LogP contribution in [-0.2, 0) is 9.47 Å². The van der Waals surface area contributed by atoms with Crippen LogP contribution in [0.4, 0.5) is 4.39 Å². The van der Waals surface area contributed by atoms with E-state index in [1.807, 2.05) is 4.90 Å². The zero-order valence-corrected chi connectivity index (χ0v) is 13.1. The Morgan fingerprint density at radius 2 is 2.22 bits per heavy atom. The van der Waals surface area contributed by atoms with Gasteiger partial charge in [0.25, 0.3) is 5.91 Å². The molecule has 3 aliphatic rings. The molecule has 1 aromatic carbocycles. The van der Waals surface area contributed by atoms with E-state index in [2.05, 4.69) is 0 Å². The summed E-state index contributed by atoms with van der Waals surface area (Å²) in [7, 11) is 0. The SMILES string of the molecule is O=C(c1cccc(F)c1)N1C[C@@H](OCC2CC2)[C@H]2OCCC[C@H]21. The number of ether oxygens (including phenoxy) is 2. The Bertz CT molecular complexity index is 589. The molecule has 4 rings (SSSR count). The van der Waals surface area contributed by atoms with Crippen molar-refractivity contribution in [1.82, 2.24) is 4.90 Å². The van der Waals surface area contributed by atoms with E-state index in [0.717, 1.165) is 26.1 Å². The Morgan fingerprint density at radius 3 is 3.00 bits per heavy atom. The zero-order chi connectivity index (χ0) is 15.8. The molecule has 2 heterocycles. The Kier molecular flexibility index (Phi) is 4.07. The first-order valence-electron chi connectivity index (χ1n) is 8.52. The second-order valence-corrected chi connectivity index (χ2v) is 6.83.